The van der Waals surface area contributed by atoms with Crippen LogP contribution in [-0.4, -0.2) is 29.7 Å². The zero-order valence-electron chi connectivity index (χ0n) is 14.0. The molecule has 1 saturated heterocycles. The lowest BCUT2D eigenvalue weighted by molar-refractivity contribution is 0.0236. The van der Waals surface area contributed by atoms with Gasteiger partial charge in [-0.05, 0) is 56.9 Å². The van der Waals surface area contributed by atoms with Crippen LogP contribution in [-0.2, 0) is 4.74 Å². The molecule has 0 aromatic heterocycles. The Kier molecular flexibility index (Phi) is 5.23. The van der Waals surface area contributed by atoms with Gasteiger partial charge in [-0.25, -0.2) is 13.6 Å². The van der Waals surface area contributed by atoms with Crippen molar-refractivity contribution in [3.05, 3.63) is 41.0 Å². The van der Waals surface area contributed by atoms with E-state index in [4.69, 9.17) is 4.74 Å². The maximum absolute atomic E-state index is 13.4. The number of halogens is 2. The number of ether oxygens (including phenoxy) is 1. The highest BCUT2D eigenvalue weighted by Gasteiger charge is 2.26. The molecule has 0 bridgehead atoms. The normalized spacial score (nSPS) is 15.0. The van der Waals surface area contributed by atoms with E-state index in [1.807, 2.05) is 0 Å². The van der Waals surface area contributed by atoms with Crippen molar-refractivity contribution in [3.63, 3.8) is 0 Å². The lowest BCUT2D eigenvalue weighted by atomic mass is 9.94. The summed E-state index contributed by atoms with van der Waals surface area (Å²) in [6.07, 6.45) is 0.621. The molecule has 1 aromatic carbocycles. The van der Waals surface area contributed by atoms with Crippen molar-refractivity contribution in [2.24, 2.45) is 0 Å². The molecule has 1 amide bonds. The van der Waals surface area contributed by atoms with Crippen LogP contribution >= 0.6 is 0 Å². The molecule has 1 fully saturated rings. The molecule has 0 radical (unpaired) electrons. The minimum absolute atomic E-state index is 0.345. The van der Waals surface area contributed by atoms with Crippen molar-refractivity contribution < 1.29 is 18.3 Å². The van der Waals surface area contributed by atoms with Crippen LogP contribution in [0.5, 0.6) is 0 Å². The van der Waals surface area contributed by atoms with Gasteiger partial charge < -0.3 is 9.64 Å². The zero-order chi connectivity index (χ0) is 17.9. The molecule has 24 heavy (non-hydrogen) atoms. The molecule has 2 rings (SSSR count). The van der Waals surface area contributed by atoms with Crippen molar-refractivity contribution in [2.45, 2.75) is 39.2 Å². The fraction of sp³-hybridized carbons (Fsp3) is 0.444. The molecule has 1 aliphatic heterocycles. The summed E-state index contributed by atoms with van der Waals surface area (Å²) in [4.78, 5) is 13.6. The first-order valence-corrected chi connectivity index (χ1v) is 7.77. The van der Waals surface area contributed by atoms with Crippen LogP contribution in [0.4, 0.5) is 13.6 Å². The molecule has 0 unspecified atom stereocenters. The number of amides is 1. The summed E-state index contributed by atoms with van der Waals surface area (Å²) < 4.78 is 31.8. The lowest BCUT2D eigenvalue weighted by Crippen LogP contribution is -2.40. The molecule has 1 heterocycles. The molecule has 6 heteroatoms. The predicted molar refractivity (Wildman–Crippen MR) is 85.9 cm³/mol. The molecule has 0 spiro atoms. The Morgan fingerprint density at radius 1 is 1.21 bits per heavy atom. The Morgan fingerprint density at radius 3 is 2.33 bits per heavy atom. The van der Waals surface area contributed by atoms with Crippen molar-refractivity contribution in [1.82, 2.24) is 4.90 Å². The van der Waals surface area contributed by atoms with Crippen LogP contribution in [0.1, 0.15) is 39.2 Å². The first-order valence-electron chi connectivity index (χ1n) is 7.77. The highest BCUT2D eigenvalue weighted by Crippen LogP contribution is 2.28. The number of hydrogen-bond donors (Lipinski definition) is 0. The maximum Gasteiger partial charge on any atom is 0.410 e. The number of rotatable bonds is 1. The van der Waals surface area contributed by atoms with Gasteiger partial charge in [0.25, 0.3) is 0 Å². The van der Waals surface area contributed by atoms with Crippen molar-refractivity contribution in [3.8, 4) is 6.07 Å². The van der Waals surface area contributed by atoms with E-state index in [0.717, 1.165) is 17.7 Å². The van der Waals surface area contributed by atoms with E-state index >= 15 is 0 Å². The van der Waals surface area contributed by atoms with Gasteiger partial charge in [0.2, 0.25) is 0 Å². The summed E-state index contributed by atoms with van der Waals surface area (Å²) in [5.74, 6) is -1.92. The van der Waals surface area contributed by atoms with Crippen LogP contribution in [0.2, 0.25) is 0 Å². The molecule has 0 aliphatic carbocycles. The lowest BCUT2D eigenvalue weighted by Gasteiger charge is -2.31. The van der Waals surface area contributed by atoms with E-state index in [1.165, 1.54) is 6.07 Å². The Hall–Kier alpha value is -2.42. The fourth-order valence-corrected chi connectivity index (χ4v) is 2.54. The first kappa shape index (κ1) is 17.9. The van der Waals surface area contributed by atoms with Crippen LogP contribution in [0.15, 0.2) is 23.8 Å². The average Bonchev–Trinajstić information content (AvgIpc) is 2.50. The maximum atomic E-state index is 13.4. The summed E-state index contributed by atoms with van der Waals surface area (Å²) >= 11 is 0. The third-order valence-electron chi connectivity index (χ3n) is 3.69. The Morgan fingerprint density at radius 2 is 1.83 bits per heavy atom. The Bertz CT molecular complexity index is 705. The molecule has 0 N–H and O–H groups in total. The van der Waals surface area contributed by atoms with Gasteiger partial charge in [-0.15, -0.1) is 0 Å². The van der Waals surface area contributed by atoms with Gasteiger partial charge in [0.1, 0.15) is 5.60 Å². The number of nitriles is 1. The predicted octanol–water partition coefficient (Wildman–Crippen LogP) is 4.27. The minimum atomic E-state index is -0.980. The second-order valence-electron chi connectivity index (χ2n) is 6.69. The van der Waals surface area contributed by atoms with Gasteiger partial charge in [-0.3, -0.25) is 0 Å². The van der Waals surface area contributed by atoms with Crippen LogP contribution in [0.3, 0.4) is 0 Å². The topological polar surface area (TPSA) is 53.3 Å². The second kappa shape index (κ2) is 7.00. The quantitative estimate of drug-likeness (QED) is 0.721. The van der Waals surface area contributed by atoms with E-state index in [-0.39, 0.29) is 6.09 Å². The largest absolute Gasteiger partial charge is 0.444 e. The zero-order valence-corrected chi connectivity index (χ0v) is 14.0. The Balaban J connectivity index is 2.13. The van der Waals surface area contributed by atoms with E-state index in [2.05, 4.69) is 6.07 Å². The number of carbonyl (C=O) groups excluding carboxylic acids is 1. The van der Waals surface area contributed by atoms with Gasteiger partial charge in [0, 0.05) is 13.1 Å². The van der Waals surface area contributed by atoms with Gasteiger partial charge in [0.05, 0.1) is 11.6 Å². The number of likely N-dealkylation sites (tertiary alicyclic amines) is 1. The molecule has 1 aliphatic rings. The number of piperidine rings is 1. The standard InChI is InChI=1S/C18H20F2N2O2/c1-18(2,3)24-17(23)22-8-6-12(7-9-22)14(11-21)13-4-5-15(19)16(20)10-13/h4-5,10H,6-9H2,1-3H3. The highest BCUT2D eigenvalue weighted by molar-refractivity contribution is 5.80. The van der Waals surface area contributed by atoms with Gasteiger partial charge >= 0.3 is 6.09 Å². The molecule has 1 aromatic rings. The van der Waals surface area contributed by atoms with E-state index < -0.39 is 17.2 Å². The summed E-state index contributed by atoms with van der Waals surface area (Å²) in [5.41, 5.74) is 0.981. The monoisotopic (exact) mass is 334 g/mol. The molecule has 0 saturated carbocycles. The third kappa shape index (κ3) is 4.31. The molecular weight excluding hydrogens is 314 g/mol. The van der Waals surface area contributed by atoms with Gasteiger partial charge in [0.15, 0.2) is 11.6 Å². The second-order valence-corrected chi connectivity index (χ2v) is 6.69. The summed E-state index contributed by atoms with van der Waals surface area (Å²) in [6.45, 7) is 6.27. The third-order valence-corrected chi connectivity index (χ3v) is 3.69. The number of carbonyl (C=O) groups is 1. The smallest absolute Gasteiger partial charge is 0.410 e. The summed E-state index contributed by atoms with van der Waals surface area (Å²) in [5, 5.41) is 9.39. The average molecular weight is 334 g/mol. The first-order chi connectivity index (χ1) is 11.2. The van der Waals surface area contributed by atoms with Crippen LogP contribution < -0.4 is 0 Å². The molecule has 4 nitrogen and oxygen atoms in total. The highest BCUT2D eigenvalue weighted by atomic mass is 19.2. The van der Waals surface area contributed by atoms with E-state index in [0.29, 0.717) is 37.1 Å². The fourth-order valence-electron chi connectivity index (χ4n) is 2.54. The summed E-state index contributed by atoms with van der Waals surface area (Å²) in [7, 11) is 0. The number of nitrogens with zero attached hydrogens (tertiary/aromatic N) is 2. The van der Waals surface area contributed by atoms with Crippen molar-refractivity contribution in [2.75, 3.05) is 13.1 Å². The molecular formula is C18H20F2N2O2. The van der Waals surface area contributed by atoms with Gasteiger partial charge in [-0.2, -0.15) is 5.26 Å². The van der Waals surface area contributed by atoms with Gasteiger partial charge in [-0.1, -0.05) is 6.07 Å². The van der Waals surface area contributed by atoms with Crippen LogP contribution in [0.25, 0.3) is 5.57 Å². The molecule has 128 valence electrons. The Labute approximate surface area is 140 Å². The van der Waals surface area contributed by atoms with Crippen molar-refractivity contribution >= 4 is 11.7 Å². The van der Waals surface area contributed by atoms with E-state index in [9.17, 15) is 18.8 Å². The molecule has 0 atom stereocenters. The van der Waals surface area contributed by atoms with Crippen molar-refractivity contribution in [1.29, 1.82) is 5.26 Å². The van der Waals surface area contributed by atoms with E-state index in [1.54, 1.807) is 25.7 Å². The number of allylic oxidation sites excluding steroid dienone is 1. The van der Waals surface area contributed by atoms with Crippen LogP contribution in [0, 0.1) is 23.0 Å². The SMILES string of the molecule is CC(C)(C)OC(=O)N1CCC(=C(C#N)c2ccc(F)c(F)c2)CC1. The minimum Gasteiger partial charge on any atom is -0.444 e. The number of benzene rings is 1. The summed E-state index contributed by atoms with van der Waals surface area (Å²) in [6, 6.07) is 5.51. The number of hydrogen-bond acceptors (Lipinski definition) is 3.